The highest BCUT2D eigenvalue weighted by Crippen LogP contribution is 2.48. The molecule has 0 radical (unpaired) electrons. The fourth-order valence-electron chi connectivity index (χ4n) is 3.21. The number of thiophene rings is 1. The predicted molar refractivity (Wildman–Crippen MR) is 131 cm³/mol. The highest BCUT2D eigenvalue weighted by Gasteiger charge is 2.18. The number of hydrogen-bond acceptors (Lipinski definition) is 5. The third-order valence-corrected chi connectivity index (χ3v) is 6.24. The quantitative estimate of drug-likeness (QED) is 0.225. The van der Waals surface area contributed by atoms with Crippen LogP contribution in [0.3, 0.4) is 0 Å². The van der Waals surface area contributed by atoms with E-state index >= 15 is 0 Å². The molecule has 1 aromatic heterocycles. The van der Waals surface area contributed by atoms with E-state index in [-0.39, 0.29) is 10.6 Å². The van der Waals surface area contributed by atoms with E-state index in [1.54, 1.807) is 30.6 Å². The maximum atomic E-state index is 14.0. The van der Waals surface area contributed by atoms with Crippen LogP contribution in [0.5, 0.6) is 28.7 Å². The minimum atomic E-state index is -0.408. The van der Waals surface area contributed by atoms with Crippen molar-refractivity contribution in [2.24, 2.45) is 0 Å². The molecule has 4 aromatic rings. The maximum absolute atomic E-state index is 14.0. The van der Waals surface area contributed by atoms with Crippen LogP contribution in [-0.4, -0.2) is 25.7 Å². The molecule has 0 N–H and O–H groups in total. The number of ether oxygens (including phenoxy) is 4. The molecule has 4 nitrogen and oxygen atoms in total. The van der Waals surface area contributed by atoms with Crippen LogP contribution in [0.15, 0.2) is 60.7 Å². The van der Waals surface area contributed by atoms with E-state index in [9.17, 15) is 4.39 Å². The molecule has 3 aromatic carbocycles. The van der Waals surface area contributed by atoms with Crippen molar-refractivity contribution in [1.29, 1.82) is 0 Å². The van der Waals surface area contributed by atoms with Crippen LogP contribution >= 0.6 is 27.3 Å². The second-order valence-corrected chi connectivity index (χ2v) is 9.75. The van der Waals surface area contributed by atoms with E-state index in [1.165, 1.54) is 13.2 Å². The summed E-state index contributed by atoms with van der Waals surface area (Å²) in [7, 11) is 3.09. The van der Waals surface area contributed by atoms with Crippen molar-refractivity contribution >= 4 is 37.4 Å². The number of benzene rings is 3. The molecule has 1 heterocycles. The molecule has 4 rings (SSSR count). The normalized spacial score (nSPS) is 11.9. The van der Waals surface area contributed by atoms with Gasteiger partial charge in [-0.1, -0.05) is 22.0 Å². The lowest BCUT2D eigenvalue weighted by atomic mass is 10.1. The number of rotatable bonds is 8. The second-order valence-electron chi connectivity index (χ2n) is 7.14. The van der Waals surface area contributed by atoms with Crippen molar-refractivity contribution in [2.45, 2.75) is 11.8 Å². The summed E-state index contributed by atoms with van der Waals surface area (Å²) in [5, 5.41) is 0.947. The Balaban J connectivity index is 1.74. The van der Waals surface area contributed by atoms with Crippen molar-refractivity contribution < 1.29 is 23.3 Å². The third-order valence-electron chi connectivity index (χ3n) is 4.79. The summed E-state index contributed by atoms with van der Waals surface area (Å²) in [6.45, 7) is 2.61. The van der Waals surface area contributed by atoms with Gasteiger partial charge in [-0.2, -0.15) is 0 Å². The Morgan fingerprint density at radius 3 is 2.31 bits per heavy atom. The van der Waals surface area contributed by atoms with Crippen LogP contribution < -0.4 is 18.9 Å². The Morgan fingerprint density at radius 2 is 1.62 bits per heavy atom. The molecule has 1 atom stereocenters. The predicted octanol–water partition coefficient (Wildman–Crippen LogP) is 7.68. The Kier molecular flexibility index (Phi) is 6.86. The SMILES string of the molecule is COc1ccc2c(Oc3ccc(OCC(C)Br)cc3)c(-c3ccc(F)c(OC)c3)sc2c1. The van der Waals surface area contributed by atoms with Gasteiger partial charge in [-0.25, -0.2) is 4.39 Å². The molecule has 0 saturated carbocycles. The Hall–Kier alpha value is -2.77. The van der Waals surface area contributed by atoms with Crippen molar-refractivity contribution in [3.63, 3.8) is 0 Å². The molecule has 7 heteroatoms. The fraction of sp³-hybridized carbons (Fsp3) is 0.200. The molecule has 166 valence electrons. The molecular formula is C25H22BrFO4S. The lowest BCUT2D eigenvalue weighted by Crippen LogP contribution is -2.06. The van der Waals surface area contributed by atoms with Gasteiger partial charge in [-0.15, -0.1) is 11.3 Å². The largest absolute Gasteiger partial charge is 0.497 e. The smallest absolute Gasteiger partial charge is 0.165 e. The molecule has 0 bridgehead atoms. The first-order valence-electron chi connectivity index (χ1n) is 9.97. The first-order valence-corrected chi connectivity index (χ1v) is 11.7. The number of alkyl halides is 1. The van der Waals surface area contributed by atoms with Crippen LogP contribution in [0, 0.1) is 5.82 Å². The van der Waals surface area contributed by atoms with E-state index in [0.29, 0.717) is 18.1 Å². The molecule has 0 fully saturated rings. The van der Waals surface area contributed by atoms with Crippen LogP contribution in [0.1, 0.15) is 6.92 Å². The lowest BCUT2D eigenvalue weighted by Gasteiger charge is -2.11. The molecule has 0 saturated heterocycles. The van der Waals surface area contributed by atoms with Gasteiger partial charge in [-0.3, -0.25) is 0 Å². The highest BCUT2D eigenvalue weighted by molar-refractivity contribution is 9.09. The number of methoxy groups -OCH3 is 2. The van der Waals surface area contributed by atoms with Gasteiger partial charge in [0.15, 0.2) is 17.3 Å². The average Bonchev–Trinajstić information content (AvgIpc) is 3.16. The van der Waals surface area contributed by atoms with Gasteiger partial charge in [0.05, 0.1) is 19.1 Å². The molecule has 0 aliphatic heterocycles. The molecule has 0 spiro atoms. The van der Waals surface area contributed by atoms with Gasteiger partial charge in [0.1, 0.15) is 23.9 Å². The van der Waals surface area contributed by atoms with Crippen LogP contribution in [0.4, 0.5) is 4.39 Å². The molecular weight excluding hydrogens is 495 g/mol. The van der Waals surface area contributed by atoms with Crippen molar-refractivity contribution in [2.75, 3.05) is 20.8 Å². The van der Waals surface area contributed by atoms with Crippen molar-refractivity contribution in [3.8, 4) is 39.2 Å². The third kappa shape index (κ3) is 4.84. The zero-order valence-corrected chi connectivity index (χ0v) is 20.3. The molecule has 1 unspecified atom stereocenters. The second kappa shape index (κ2) is 9.79. The van der Waals surface area contributed by atoms with Gasteiger partial charge in [0.2, 0.25) is 0 Å². The van der Waals surface area contributed by atoms with Crippen molar-refractivity contribution in [1.82, 2.24) is 0 Å². The van der Waals surface area contributed by atoms with Gasteiger partial charge < -0.3 is 18.9 Å². The zero-order chi connectivity index (χ0) is 22.7. The molecule has 0 aliphatic carbocycles. The van der Waals surface area contributed by atoms with Gasteiger partial charge >= 0.3 is 0 Å². The summed E-state index contributed by atoms with van der Waals surface area (Å²) in [4.78, 5) is 1.14. The number of hydrogen-bond donors (Lipinski definition) is 0. The number of halogens is 2. The Morgan fingerprint density at radius 1 is 0.906 bits per heavy atom. The first kappa shape index (κ1) is 22.4. The zero-order valence-electron chi connectivity index (χ0n) is 17.9. The van der Waals surface area contributed by atoms with Crippen LogP contribution in [0.2, 0.25) is 0 Å². The molecule has 0 amide bonds. The molecule has 32 heavy (non-hydrogen) atoms. The average molecular weight is 517 g/mol. The lowest BCUT2D eigenvalue weighted by molar-refractivity contribution is 0.323. The summed E-state index contributed by atoms with van der Waals surface area (Å²) < 4.78 is 37.6. The summed E-state index contributed by atoms with van der Waals surface area (Å²) in [5.74, 6) is 2.68. The monoisotopic (exact) mass is 516 g/mol. The summed E-state index contributed by atoms with van der Waals surface area (Å²) in [6.07, 6.45) is 0. The van der Waals surface area contributed by atoms with E-state index in [4.69, 9.17) is 18.9 Å². The Bertz CT molecular complexity index is 1220. The van der Waals surface area contributed by atoms with Gasteiger partial charge in [0.25, 0.3) is 0 Å². The van der Waals surface area contributed by atoms with Crippen LogP contribution in [-0.2, 0) is 0 Å². The number of fused-ring (bicyclic) bond motifs is 1. The van der Waals surface area contributed by atoms with E-state index in [1.807, 2.05) is 49.4 Å². The van der Waals surface area contributed by atoms with Gasteiger partial charge in [0, 0.05) is 14.9 Å². The van der Waals surface area contributed by atoms with E-state index in [0.717, 1.165) is 32.0 Å². The topological polar surface area (TPSA) is 36.9 Å². The standard InChI is InChI=1S/C25H22BrFO4S/c1-15(26)14-30-17-5-7-18(8-6-17)31-24-20-10-9-19(28-2)13-23(20)32-25(24)16-4-11-21(27)22(12-16)29-3/h4-13,15H,14H2,1-3H3. The maximum Gasteiger partial charge on any atom is 0.165 e. The van der Waals surface area contributed by atoms with E-state index in [2.05, 4.69) is 15.9 Å². The minimum absolute atomic E-state index is 0.186. The first-order chi connectivity index (χ1) is 15.5. The molecule has 0 aliphatic rings. The highest BCUT2D eigenvalue weighted by atomic mass is 79.9. The fourth-order valence-corrected chi connectivity index (χ4v) is 4.49. The van der Waals surface area contributed by atoms with Crippen LogP contribution in [0.25, 0.3) is 20.5 Å². The van der Waals surface area contributed by atoms with E-state index < -0.39 is 5.82 Å². The summed E-state index contributed by atoms with van der Waals surface area (Å²) in [6, 6.07) is 18.1. The Labute approximate surface area is 198 Å². The van der Waals surface area contributed by atoms with Crippen molar-refractivity contribution in [3.05, 3.63) is 66.5 Å². The summed E-state index contributed by atoms with van der Waals surface area (Å²) in [5.41, 5.74) is 0.810. The van der Waals surface area contributed by atoms with Gasteiger partial charge in [-0.05, 0) is 67.1 Å². The minimum Gasteiger partial charge on any atom is -0.497 e. The summed E-state index contributed by atoms with van der Waals surface area (Å²) >= 11 is 5.03.